The van der Waals surface area contributed by atoms with Crippen LogP contribution in [0.1, 0.15) is 30.5 Å². The van der Waals surface area contributed by atoms with Gasteiger partial charge in [-0.05, 0) is 62.7 Å². The summed E-state index contributed by atoms with van der Waals surface area (Å²) in [5.74, 6) is 0. The van der Waals surface area contributed by atoms with Crippen LogP contribution in [-0.4, -0.2) is 34.3 Å². The van der Waals surface area contributed by atoms with E-state index in [2.05, 4.69) is 23.5 Å². The van der Waals surface area contributed by atoms with Crippen molar-refractivity contribution in [2.45, 2.75) is 26.2 Å². The molecule has 1 aliphatic rings. The first kappa shape index (κ1) is 15.3. The number of hydrogen-bond donors (Lipinski definition) is 0. The normalized spacial score (nSPS) is 15.9. The van der Waals surface area contributed by atoms with E-state index in [9.17, 15) is 0 Å². The van der Waals surface area contributed by atoms with E-state index in [0.29, 0.717) is 0 Å². The SMILES string of the molecule is C=C(CN1CCCCC1)c1cnn(-c2ccc(Cl)cc2)c1C. The van der Waals surface area contributed by atoms with Crippen LogP contribution in [0.15, 0.2) is 37.0 Å². The van der Waals surface area contributed by atoms with E-state index in [1.54, 1.807) is 0 Å². The number of aromatic nitrogens is 2. The lowest BCUT2D eigenvalue weighted by Gasteiger charge is -2.27. The highest BCUT2D eigenvalue weighted by Gasteiger charge is 2.15. The molecule has 116 valence electrons. The largest absolute Gasteiger partial charge is 0.299 e. The third-order valence-electron chi connectivity index (χ3n) is 4.33. The van der Waals surface area contributed by atoms with E-state index < -0.39 is 0 Å². The van der Waals surface area contributed by atoms with Crippen LogP contribution in [0.5, 0.6) is 0 Å². The zero-order valence-electron chi connectivity index (χ0n) is 13.1. The minimum atomic E-state index is 0.739. The second-order valence-corrected chi connectivity index (χ2v) is 6.41. The molecule has 3 rings (SSSR count). The smallest absolute Gasteiger partial charge is 0.0649 e. The summed E-state index contributed by atoms with van der Waals surface area (Å²) in [6, 6.07) is 7.75. The summed E-state index contributed by atoms with van der Waals surface area (Å²) in [7, 11) is 0. The predicted octanol–water partition coefficient (Wildman–Crippen LogP) is 4.33. The molecule has 0 bridgehead atoms. The number of rotatable bonds is 4. The van der Waals surface area contributed by atoms with E-state index >= 15 is 0 Å². The lowest BCUT2D eigenvalue weighted by atomic mass is 10.1. The highest BCUT2D eigenvalue weighted by Crippen LogP contribution is 2.23. The third-order valence-corrected chi connectivity index (χ3v) is 4.58. The molecule has 4 heteroatoms. The molecule has 1 aromatic heterocycles. The van der Waals surface area contributed by atoms with Gasteiger partial charge in [-0.25, -0.2) is 4.68 Å². The number of hydrogen-bond acceptors (Lipinski definition) is 2. The highest BCUT2D eigenvalue weighted by molar-refractivity contribution is 6.30. The van der Waals surface area contributed by atoms with E-state index in [1.165, 1.54) is 32.4 Å². The third kappa shape index (κ3) is 3.26. The summed E-state index contributed by atoms with van der Waals surface area (Å²) in [5, 5.41) is 5.26. The quantitative estimate of drug-likeness (QED) is 0.837. The Morgan fingerprint density at radius 1 is 1.18 bits per heavy atom. The monoisotopic (exact) mass is 315 g/mol. The first-order chi connectivity index (χ1) is 10.6. The van der Waals surface area contributed by atoms with Gasteiger partial charge in [0.25, 0.3) is 0 Å². The maximum Gasteiger partial charge on any atom is 0.0649 e. The summed E-state index contributed by atoms with van der Waals surface area (Å²) < 4.78 is 1.95. The molecule has 22 heavy (non-hydrogen) atoms. The van der Waals surface area contributed by atoms with Crippen molar-refractivity contribution >= 4 is 17.2 Å². The molecular weight excluding hydrogens is 294 g/mol. The molecule has 3 nitrogen and oxygen atoms in total. The molecule has 0 radical (unpaired) electrons. The minimum absolute atomic E-state index is 0.739. The Kier molecular flexibility index (Phi) is 4.65. The van der Waals surface area contributed by atoms with Crippen molar-refractivity contribution in [2.24, 2.45) is 0 Å². The van der Waals surface area contributed by atoms with Crippen LogP contribution >= 0.6 is 11.6 Å². The Labute approximate surface area is 137 Å². The number of halogens is 1. The second-order valence-electron chi connectivity index (χ2n) is 5.97. The Balaban J connectivity index is 1.77. The Bertz CT molecular complexity index is 651. The molecule has 0 spiro atoms. The first-order valence-electron chi connectivity index (χ1n) is 7.86. The summed E-state index contributed by atoms with van der Waals surface area (Å²) in [4.78, 5) is 2.49. The van der Waals surface area contributed by atoms with Gasteiger partial charge in [0.2, 0.25) is 0 Å². The lowest BCUT2D eigenvalue weighted by molar-refractivity contribution is 0.255. The molecule has 2 heterocycles. The zero-order chi connectivity index (χ0) is 15.5. The summed E-state index contributed by atoms with van der Waals surface area (Å²) in [5.41, 5.74) is 4.46. The summed E-state index contributed by atoms with van der Waals surface area (Å²) in [6.07, 6.45) is 5.89. The van der Waals surface area contributed by atoms with Gasteiger partial charge < -0.3 is 0 Å². The van der Waals surface area contributed by atoms with Crippen LogP contribution in [0.3, 0.4) is 0 Å². The molecule has 0 amide bonds. The topological polar surface area (TPSA) is 21.1 Å². The molecule has 1 fully saturated rings. The molecule has 0 aliphatic carbocycles. The molecule has 2 aromatic rings. The van der Waals surface area contributed by atoms with Gasteiger partial charge in [-0.1, -0.05) is 24.6 Å². The molecule has 0 N–H and O–H groups in total. The lowest BCUT2D eigenvalue weighted by Crippen LogP contribution is -2.31. The Morgan fingerprint density at radius 3 is 2.55 bits per heavy atom. The fourth-order valence-corrected chi connectivity index (χ4v) is 3.20. The number of benzene rings is 1. The average molecular weight is 316 g/mol. The van der Waals surface area contributed by atoms with Crippen molar-refractivity contribution in [1.29, 1.82) is 0 Å². The fourth-order valence-electron chi connectivity index (χ4n) is 3.07. The van der Waals surface area contributed by atoms with Crippen molar-refractivity contribution in [1.82, 2.24) is 14.7 Å². The van der Waals surface area contributed by atoms with Crippen LogP contribution in [0, 0.1) is 6.92 Å². The molecule has 0 saturated carbocycles. The molecule has 0 atom stereocenters. The van der Waals surface area contributed by atoms with E-state index in [-0.39, 0.29) is 0 Å². The minimum Gasteiger partial charge on any atom is -0.299 e. The average Bonchev–Trinajstić information content (AvgIpc) is 2.91. The Morgan fingerprint density at radius 2 is 1.86 bits per heavy atom. The molecule has 0 unspecified atom stereocenters. The number of piperidine rings is 1. The van der Waals surface area contributed by atoms with Gasteiger partial charge >= 0.3 is 0 Å². The van der Waals surface area contributed by atoms with Crippen molar-refractivity contribution < 1.29 is 0 Å². The van der Waals surface area contributed by atoms with Gasteiger partial charge in [0, 0.05) is 22.8 Å². The van der Waals surface area contributed by atoms with Crippen LogP contribution in [0.4, 0.5) is 0 Å². The molecule has 1 aromatic carbocycles. The van der Waals surface area contributed by atoms with Gasteiger partial charge in [-0.3, -0.25) is 4.90 Å². The van der Waals surface area contributed by atoms with E-state index in [0.717, 1.165) is 34.1 Å². The van der Waals surface area contributed by atoms with Crippen LogP contribution in [-0.2, 0) is 0 Å². The van der Waals surface area contributed by atoms with Crippen molar-refractivity contribution in [2.75, 3.05) is 19.6 Å². The predicted molar refractivity (Wildman–Crippen MR) is 92.6 cm³/mol. The molecule has 1 aliphatic heterocycles. The Hall–Kier alpha value is -1.58. The van der Waals surface area contributed by atoms with Crippen LogP contribution in [0.25, 0.3) is 11.3 Å². The maximum absolute atomic E-state index is 5.95. The van der Waals surface area contributed by atoms with Crippen molar-refractivity contribution in [3.05, 3.63) is 53.3 Å². The zero-order valence-corrected chi connectivity index (χ0v) is 13.8. The number of likely N-dealkylation sites (tertiary alicyclic amines) is 1. The summed E-state index contributed by atoms with van der Waals surface area (Å²) in [6.45, 7) is 9.69. The maximum atomic E-state index is 5.95. The summed E-state index contributed by atoms with van der Waals surface area (Å²) >= 11 is 5.95. The van der Waals surface area contributed by atoms with E-state index in [4.69, 9.17) is 11.6 Å². The molecule has 1 saturated heterocycles. The van der Waals surface area contributed by atoms with Gasteiger partial charge in [0.1, 0.15) is 0 Å². The van der Waals surface area contributed by atoms with Gasteiger partial charge in [0.05, 0.1) is 11.9 Å². The van der Waals surface area contributed by atoms with Crippen LogP contribution < -0.4 is 0 Å². The van der Waals surface area contributed by atoms with Gasteiger partial charge in [-0.15, -0.1) is 0 Å². The second kappa shape index (κ2) is 6.67. The van der Waals surface area contributed by atoms with Gasteiger partial charge in [-0.2, -0.15) is 5.10 Å². The molecular formula is C18H22ClN3. The standard InChI is InChI=1S/C18H22ClN3/c1-14(13-21-10-4-3-5-11-21)18-12-20-22(15(18)2)17-8-6-16(19)7-9-17/h6-9,12H,1,3-5,10-11,13H2,2H3. The van der Waals surface area contributed by atoms with Gasteiger partial charge in [0.15, 0.2) is 0 Å². The number of nitrogens with zero attached hydrogens (tertiary/aromatic N) is 3. The van der Waals surface area contributed by atoms with Crippen molar-refractivity contribution in [3.8, 4) is 5.69 Å². The fraction of sp³-hybridized carbons (Fsp3) is 0.389. The van der Waals surface area contributed by atoms with Crippen LogP contribution in [0.2, 0.25) is 5.02 Å². The van der Waals surface area contributed by atoms with E-state index in [1.807, 2.05) is 35.1 Å². The van der Waals surface area contributed by atoms with Crippen molar-refractivity contribution in [3.63, 3.8) is 0 Å². The first-order valence-corrected chi connectivity index (χ1v) is 8.24. The highest BCUT2D eigenvalue weighted by atomic mass is 35.5.